The maximum atomic E-state index is 6.28. The van der Waals surface area contributed by atoms with Crippen LogP contribution in [0.25, 0.3) is 0 Å². The molecule has 1 aromatic carbocycles. The summed E-state index contributed by atoms with van der Waals surface area (Å²) in [7, 11) is 2.12. The number of nitrogens with zero attached hydrogens (tertiary/aromatic N) is 2. The van der Waals surface area contributed by atoms with E-state index in [0.29, 0.717) is 0 Å². The lowest BCUT2D eigenvalue weighted by molar-refractivity contribution is 0.346. The molecule has 106 valence electrons. The monoisotopic (exact) mass is 281 g/mol. The van der Waals surface area contributed by atoms with E-state index >= 15 is 0 Å². The number of hydrogen-bond acceptors (Lipinski definition) is 3. The molecule has 1 unspecified atom stereocenters. The Kier molecular flexibility index (Phi) is 5.08. The quantitative estimate of drug-likeness (QED) is 0.901. The summed E-state index contributed by atoms with van der Waals surface area (Å²) in [6.45, 7) is 6.62. The zero-order valence-electron chi connectivity index (χ0n) is 11.9. The summed E-state index contributed by atoms with van der Waals surface area (Å²) in [6.07, 6.45) is 2.69. The molecule has 1 aliphatic heterocycles. The lowest BCUT2D eigenvalue weighted by Gasteiger charge is -2.24. The van der Waals surface area contributed by atoms with Crippen molar-refractivity contribution in [2.45, 2.75) is 25.8 Å². The summed E-state index contributed by atoms with van der Waals surface area (Å²) in [5, 5.41) is 0.764. The molecule has 0 aromatic heterocycles. The molecule has 2 N–H and O–H groups in total. The number of anilines is 1. The summed E-state index contributed by atoms with van der Waals surface area (Å²) in [6, 6.07) is 6.14. The topological polar surface area (TPSA) is 32.5 Å². The van der Waals surface area contributed by atoms with Crippen LogP contribution in [0.4, 0.5) is 5.69 Å². The fourth-order valence-corrected chi connectivity index (χ4v) is 2.90. The molecule has 1 saturated heterocycles. The summed E-state index contributed by atoms with van der Waals surface area (Å²) in [5.41, 5.74) is 8.05. The first-order chi connectivity index (χ1) is 9.08. The average Bonchev–Trinajstić information content (AvgIpc) is 2.88. The molecule has 0 amide bonds. The van der Waals surface area contributed by atoms with Gasteiger partial charge in [0.1, 0.15) is 0 Å². The third kappa shape index (κ3) is 3.85. The van der Waals surface area contributed by atoms with Crippen LogP contribution in [0.15, 0.2) is 18.2 Å². The van der Waals surface area contributed by atoms with Crippen molar-refractivity contribution in [3.8, 4) is 0 Å². The molecular formula is C15H24ClN3. The van der Waals surface area contributed by atoms with Gasteiger partial charge < -0.3 is 15.5 Å². The molecule has 0 aliphatic carbocycles. The van der Waals surface area contributed by atoms with E-state index in [0.717, 1.165) is 29.4 Å². The first-order valence-corrected chi connectivity index (χ1v) is 7.44. The second-order valence-electron chi connectivity index (χ2n) is 5.46. The number of rotatable bonds is 5. The van der Waals surface area contributed by atoms with E-state index in [2.05, 4.69) is 22.9 Å². The molecule has 19 heavy (non-hydrogen) atoms. The summed E-state index contributed by atoms with van der Waals surface area (Å²) in [5.74, 6) is 0. The van der Waals surface area contributed by atoms with Crippen molar-refractivity contribution >= 4 is 17.3 Å². The van der Waals surface area contributed by atoms with Crippen molar-refractivity contribution < 1.29 is 0 Å². The molecular weight excluding hydrogens is 258 g/mol. The average molecular weight is 282 g/mol. The van der Waals surface area contributed by atoms with Crippen LogP contribution in [0.3, 0.4) is 0 Å². The van der Waals surface area contributed by atoms with E-state index in [9.17, 15) is 0 Å². The number of hydrogen-bond donors (Lipinski definition) is 1. The Hall–Kier alpha value is -0.770. The smallest absolute Gasteiger partial charge is 0.0474 e. The fraction of sp³-hybridized carbons (Fsp3) is 0.600. The molecule has 3 nitrogen and oxygen atoms in total. The molecule has 4 heteroatoms. The zero-order valence-corrected chi connectivity index (χ0v) is 12.7. The molecule has 1 aliphatic rings. The molecule has 0 saturated carbocycles. The second kappa shape index (κ2) is 6.60. The van der Waals surface area contributed by atoms with Gasteiger partial charge in [-0.3, -0.25) is 0 Å². The largest absolute Gasteiger partial charge is 0.373 e. The predicted molar refractivity (Wildman–Crippen MR) is 83.0 cm³/mol. The van der Waals surface area contributed by atoms with Gasteiger partial charge in [0.15, 0.2) is 0 Å². The normalized spacial score (nSPS) is 17.7. The molecule has 1 aromatic rings. The lowest BCUT2D eigenvalue weighted by atomic mass is 10.1. The Labute approximate surface area is 121 Å². The van der Waals surface area contributed by atoms with Gasteiger partial charge in [0.25, 0.3) is 0 Å². The Morgan fingerprint density at radius 1 is 1.37 bits per heavy atom. The van der Waals surface area contributed by atoms with E-state index < -0.39 is 0 Å². The highest BCUT2D eigenvalue weighted by molar-refractivity contribution is 6.31. The van der Waals surface area contributed by atoms with Crippen LogP contribution >= 0.6 is 11.6 Å². The van der Waals surface area contributed by atoms with Crippen LogP contribution in [0.2, 0.25) is 5.02 Å². The van der Waals surface area contributed by atoms with Crippen LogP contribution in [0, 0.1) is 0 Å². The molecule has 2 rings (SSSR count). The van der Waals surface area contributed by atoms with Crippen LogP contribution < -0.4 is 10.6 Å². The Morgan fingerprint density at radius 3 is 2.63 bits per heavy atom. The standard InChI is InChI=1S/C15H24ClN3/c1-12(17)14-6-5-13(11-15(14)16)18(2)9-10-19-7-3-4-8-19/h5-6,11-12H,3-4,7-10,17H2,1-2H3. The van der Waals surface area contributed by atoms with E-state index in [-0.39, 0.29) is 6.04 Å². The molecule has 1 heterocycles. The van der Waals surface area contributed by atoms with Gasteiger partial charge in [0, 0.05) is 36.9 Å². The van der Waals surface area contributed by atoms with Gasteiger partial charge >= 0.3 is 0 Å². The maximum Gasteiger partial charge on any atom is 0.0474 e. The molecule has 0 bridgehead atoms. The molecule has 1 atom stereocenters. The Bertz CT molecular complexity index is 414. The Morgan fingerprint density at radius 2 is 2.05 bits per heavy atom. The summed E-state index contributed by atoms with van der Waals surface area (Å²) in [4.78, 5) is 4.78. The number of benzene rings is 1. The van der Waals surface area contributed by atoms with E-state index in [1.54, 1.807) is 0 Å². The second-order valence-corrected chi connectivity index (χ2v) is 5.87. The SMILES string of the molecule is CC(N)c1ccc(N(C)CCN2CCCC2)cc1Cl. The van der Waals surface area contributed by atoms with Crippen molar-refractivity contribution in [3.63, 3.8) is 0 Å². The van der Waals surface area contributed by atoms with Gasteiger partial charge in [0.2, 0.25) is 0 Å². The van der Waals surface area contributed by atoms with Gasteiger partial charge in [0.05, 0.1) is 0 Å². The summed E-state index contributed by atoms with van der Waals surface area (Å²) < 4.78 is 0. The predicted octanol–water partition coefficient (Wildman–Crippen LogP) is 2.89. The van der Waals surface area contributed by atoms with Crippen molar-refractivity contribution in [2.75, 3.05) is 38.1 Å². The number of likely N-dealkylation sites (N-methyl/N-ethyl adjacent to an activating group) is 1. The molecule has 0 radical (unpaired) electrons. The fourth-order valence-electron chi connectivity index (χ4n) is 2.55. The van der Waals surface area contributed by atoms with Crippen molar-refractivity contribution in [2.24, 2.45) is 5.73 Å². The van der Waals surface area contributed by atoms with E-state index in [1.165, 1.54) is 25.9 Å². The minimum atomic E-state index is -0.0172. The highest BCUT2D eigenvalue weighted by Gasteiger charge is 2.13. The van der Waals surface area contributed by atoms with Crippen LogP contribution in [0.1, 0.15) is 31.4 Å². The number of nitrogens with two attached hydrogens (primary N) is 1. The van der Waals surface area contributed by atoms with Crippen molar-refractivity contribution in [1.29, 1.82) is 0 Å². The van der Waals surface area contributed by atoms with Gasteiger partial charge in [-0.2, -0.15) is 0 Å². The van der Waals surface area contributed by atoms with Gasteiger partial charge in [-0.25, -0.2) is 0 Å². The van der Waals surface area contributed by atoms with Crippen LogP contribution in [-0.2, 0) is 0 Å². The minimum Gasteiger partial charge on any atom is -0.373 e. The van der Waals surface area contributed by atoms with Crippen LogP contribution in [0.5, 0.6) is 0 Å². The minimum absolute atomic E-state index is 0.0172. The zero-order chi connectivity index (χ0) is 13.8. The highest BCUT2D eigenvalue weighted by Crippen LogP contribution is 2.26. The maximum absolute atomic E-state index is 6.28. The first-order valence-electron chi connectivity index (χ1n) is 7.06. The van der Waals surface area contributed by atoms with Crippen molar-refractivity contribution in [3.05, 3.63) is 28.8 Å². The van der Waals surface area contributed by atoms with Gasteiger partial charge in [-0.1, -0.05) is 17.7 Å². The van der Waals surface area contributed by atoms with Gasteiger partial charge in [-0.05, 0) is 50.6 Å². The van der Waals surface area contributed by atoms with Gasteiger partial charge in [-0.15, -0.1) is 0 Å². The molecule has 1 fully saturated rings. The molecule has 0 spiro atoms. The highest BCUT2D eigenvalue weighted by atomic mass is 35.5. The van der Waals surface area contributed by atoms with E-state index in [1.807, 2.05) is 19.1 Å². The van der Waals surface area contributed by atoms with E-state index in [4.69, 9.17) is 17.3 Å². The third-order valence-electron chi connectivity index (χ3n) is 3.87. The third-order valence-corrected chi connectivity index (χ3v) is 4.19. The Balaban J connectivity index is 1.94. The van der Waals surface area contributed by atoms with Crippen LogP contribution in [-0.4, -0.2) is 38.1 Å². The first kappa shape index (κ1) is 14.6. The summed E-state index contributed by atoms with van der Waals surface area (Å²) >= 11 is 6.28. The number of likely N-dealkylation sites (tertiary alicyclic amines) is 1. The van der Waals surface area contributed by atoms with Crippen molar-refractivity contribution in [1.82, 2.24) is 4.90 Å². The number of halogens is 1. The lowest BCUT2D eigenvalue weighted by Crippen LogP contribution is -2.31.